The van der Waals surface area contributed by atoms with Crippen molar-refractivity contribution in [3.8, 4) is 0 Å². The molecule has 116 valence electrons. The zero-order chi connectivity index (χ0) is 14.1. The zero-order valence-corrected chi connectivity index (χ0v) is 13.8. The first-order valence-corrected chi connectivity index (χ1v) is 7.40. The lowest BCUT2D eigenvalue weighted by Crippen LogP contribution is -2.50. The highest BCUT2D eigenvalue weighted by Crippen LogP contribution is 2.35. The summed E-state index contributed by atoms with van der Waals surface area (Å²) >= 11 is 0. The van der Waals surface area contributed by atoms with Crippen LogP contribution in [0.25, 0.3) is 5.57 Å². The minimum atomic E-state index is 0. The monoisotopic (exact) mass is 308 g/mol. The van der Waals surface area contributed by atoms with E-state index in [1.165, 1.54) is 27.8 Å². The van der Waals surface area contributed by atoms with Gasteiger partial charge in [0.1, 0.15) is 6.29 Å². The maximum atomic E-state index is 3.39. The van der Waals surface area contributed by atoms with Crippen LogP contribution in [0.2, 0.25) is 0 Å². The third-order valence-corrected chi connectivity index (χ3v) is 4.43. The Morgan fingerprint density at radius 2 is 2.00 bits per heavy atom. The van der Waals surface area contributed by atoms with Gasteiger partial charge in [0, 0.05) is 19.3 Å². The van der Waals surface area contributed by atoms with Crippen LogP contribution in [0.1, 0.15) is 28.7 Å². The number of hydrogen-bond acceptors (Lipinski definition) is 4. The summed E-state index contributed by atoms with van der Waals surface area (Å²) in [5.74, 6) is 0. The maximum absolute atomic E-state index is 3.39. The van der Waals surface area contributed by atoms with Gasteiger partial charge < -0.3 is 5.43 Å². The highest BCUT2D eigenvalue weighted by Gasteiger charge is 2.21. The van der Waals surface area contributed by atoms with E-state index < -0.39 is 0 Å². The molecule has 1 saturated heterocycles. The second kappa shape index (κ2) is 6.79. The number of rotatable bonds is 3. The molecule has 1 aliphatic carbocycles. The molecule has 1 aliphatic heterocycles. The summed E-state index contributed by atoms with van der Waals surface area (Å²) in [4.78, 5) is 2.25. The van der Waals surface area contributed by atoms with Crippen LogP contribution in [0.3, 0.4) is 0 Å². The van der Waals surface area contributed by atoms with Crippen molar-refractivity contribution in [2.24, 2.45) is 0 Å². The predicted molar refractivity (Wildman–Crippen MR) is 90.2 cm³/mol. The highest BCUT2D eigenvalue weighted by molar-refractivity contribution is 5.85. The summed E-state index contributed by atoms with van der Waals surface area (Å²) in [6.45, 7) is 6.53. The van der Waals surface area contributed by atoms with Gasteiger partial charge >= 0.3 is 0 Å². The summed E-state index contributed by atoms with van der Waals surface area (Å²) < 4.78 is 0. The van der Waals surface area contributed by atoms with E-state index in [1.807, 2.05) is 0 Å². The van der Waals surface area contributed by atoms with Gasteiger partial charge in [0.15, 0.2) is 0 Å². The Bertz CT molecular complexity index is 541. The fraction of sp³-hybridized carbons (Fsp3) is 0.500. The normalized spacial score (nSPS) is 23.2. The van der Waals surface area contributed by atoms with E-state index in [0.29, 0.717) is 0 Å². The van der Waals surface area contributed by atoms with Crippen molar-refractivity contribution in [3.63, 3.8) is 0 Å². The average molecular weight is 309 g/mol. The largest absolute Gasteiger partial charge is 0.326 e. The van der Waals surface area contributed by atoms with Crippen molar-refractivity contribution in [3.05, 3.63) is 40.6 Å². The Morgan fingerprint density at radius 1 is 1.24 bits per heavy atom. The molecule has 1 heterocycles. The summed E-state index contributed by atoms with van der Waals surface area (Å²) in [7, 11) is 2.12. The molecule has 2 aliphatic rings. The molecule has 1 aromatic rings. The lowest BCUT2D eigenvalue weighted by atomic mass is 9.98. The quantitative estimate of drug-likeness (QED) is 0.746. The van der Waals surface area contributed by atoms with Crippen molar-refractivity contribution in [2.45, 2.75) is 33.0 Å². The molecule has 0 spiro atoms. The third-order valence-electron chi connectivity index (χ3n) is 4.43. The van der Waals surface area contributed by atoms with Crippen molar-refractivity contribution in [1.82, 2.24) is 21.1 Å². The van der Waals surface area contributed by atoms with Crippen LogP contribution in [0.4, 0.5) is 0 Å². The minimum Gasteiger partial charge on any atom is -0.326 e. The van der Waals surface area contributed by atoms with Crippen LogP contribution in [-0.4, -0.2) is 31.3 Å². The van der Waals surface area contributed by atoms with Crippen molar-refractivity contribution in [1.29, 1.82) is 0 Å². The molecular weight excluding hydrogens is 284 g/mol. The Morgan fingerprint density at radius 3 is 2.71 bits per heavy atom. The SMILES string of the molecule is Cc1ccc(C)c2c1CCC2=CNNC1NCCN1C.Cl. The highest BCUT2D eigenvalue weighted by atomic mass is 35.5. The molecule has 1 fully saturated rings. The van der Waals surface area contributed by atoms with Gasteiger partial charge in [-0.2, -0.15) is 0 Å². The van der Waals surface area contributed by atoms with E-state index in [-0.39, 0.29) is 18.7 Å². The number of nitrogens with one attached hydrogen (secondary N) is 3. The molecule has 1 aromatic carbocycles. The van der Waals surface area contributed by atoms with E-state index in [4.69, 9.17) is 0 Å². The fourth-order valence-corrected chi connectivity index (χ4v) is 3.20. The van der Waals surface area contributed by atoms with Crippen LogP contribution in [0.15, 0.2) is 18.3 Å². The Kier molecular flexibility index (Phi) is 5.27. The molecule has 0 amide bonds. The number of hydrazine groups is 1. The smallest absolute Gasteiger partial charge is 0.131 e. The Hall–Kier alpha value is -1.07. The summed E-state index contributed by atoms with van der Waals surface area (Å²) in [5, 5.41) is 3.39. The van der Waals surface area contributed by atoms with Gasteiger partial charge in [-0.3, -0.25) is 10.2 Å². The third kappa shape index (κ3) is 3.24. The number of halogens is 1. The number of aryl methyl sites for hydroxylation is 2. The molecule has 4 nitrogen and oxygen atoms in total. The van der Waals surface area contributed by atoms with E-state index in [1.54, 1.807) is 0 Å². The molecule has 1 unspecified atom stereocenters. The molecule has 3 N–H and O–H groups in total. The molecule has 0 saturated carbocycles. The van der Waals surface area contributed by atoms with Crippen molar-refractivity contribution >= 4 is 18.0 Å². The molecule has 0 radical (unpaired) electrons. The van der Waals surface area contributed by atoms with E-state index >= 15 is 0 Å². The molecule has 0 bridgehead atoms. The van der Waals surface area contributed by atoms with Crippen molar-refractivity contribution in [2.75, 3.05) is 20.1 Å². The molecule has 0 aromatic heterocycles. The number of likely N-dealkylation sites (N-methyl/N-ethyl adjacent to an activating group) is 1. The Labute approximate surface area is 133 Å². The zero-order valence-electron chi connectivity index (χ0n) is 13.0. The van der Waals surface area contributed by atoms with Gasteiger partial charge in [0.25, 0.3) is 0 Å². The fourth-order valence-electron chi connectivity index (χ4n) is 3.20. The summed E-state index contributed by atoms with van der Waals surface area (Å²) in [6.07, 6.45) is 4.64. The van der Waals surface area contributed by atoms with Crippen LogP contribution in [0.5, 0.6) is 0 Å². The van der Waals surface area contributed by atoms with E-state index in [9.17, 15) is 0 Å². The summed E-state index contributed by atoms with van der Waals surface area (Å²) in [5.41, 5.74) is 13.8. The molecule has 3 rings (SSSR count). The molecule has 5 heteroatoms. The van der Waals surface area contributed by atoms with Crippen molar-refractivity contribution < 1.29 is 0 Å². The van der Waals surface area contributed by atoms with Gasteiger partial charge in [-0.15, -0.1) is 12.4 Å². The second-order valence-corrected chi connectivity index (χ2v) is 5.85. The standard InChI is InChI=1S/C16H24N4.ClH/c1-11-4-5-12(2)15-13(6-7-14(11)15)10-18-19-16-17-8-9-20(16)3;/h4-5,10,16-19H,6-9H2,1-3H3;1H. The maximum Gasteiger partial charge on any atom is 0.131 e. The van der Waals surface area contributed by atoms with Crippen LogP contribution < -0.4 is 16.2 Å². The van der Waals surface area contributed by atoms with Gasteiger partial charge in [-0.25, -0.2) is 5.43 Å². The average Bonchev–Trinajstić information content (AvgIpc) is 3.02. The topological polar surface area (TPSA) is 39.3 Å². The molecular formula is C16H25ClN4. The van der Waals surface area contributed by atoms with Crippen LogP contribution in [-0.2, 0) is 6.42 Å². The second-order valence-electron chi connectivity index (χ2n) is 5.85. The Balaban J connectivity index is 0.00000161. The molecule has 21 heavy (non-hydrogen) atoms. The van der Waals surface area contributed by atoms with Gasteiger partial charge in [0.2, 0.25) is 0 Å². The summed E-state index contributed by atoms with van der Waals surface area (Å²) in [6, 6.07) is 4.47. The number of allylic oxidation sites excluding steroid dienone is 1. The minimum absolute atomic E-state index is 0. The predicted octanol–water partition coefficient (Wildman–Crippen LogP) is 1.93. The number of fused-ring (bicyclic) bond motifs is 1. The first-order valence-electron chi connectivity index (χ1n) is 7.40. The lowest BCUT2D eigenvalue weighted by molar-refractivity contribution is 0.233. The van der Waals surface area contributed by atoms with Crippen LogP contribution in [0, 0.1) is 13.8 Å². The van der Waals surface area contributed by atoms with Gasteiger partial charge in [0.05, 0.1) is 0 Å². The first kappa shape index (κ1) is 16.3. The number of nitrogens with zero attached hydrogens (tertiary/aromatic N) is 1. The van der Waals surface area contributed by atoms with E-state index in [0.717, 1.165) is 25.9 Å². The lowest BCUT2D eigenvalue weighted by Gasteiger charge is -2.20. The molecule has 1 atom stereocenters. The van der Waals surface area contributed by atoms with Crippen LogP contribution >= 0.6 is 12.4 Å². The van der Waals surface area contributed by atoms with E-state index in [2.05, 4.69) is 60.3 Å². The number of hydrogen-bond donors (Lipinski definition) is 3. The first-order chi connectivity index (χ1) is 9.66. The number of benzene rings is 1. The van der Waals surface area contributed by atoms with Gasteiger partial charge in [-0.05, 0) is 61.6 Å². The van der Waals surface area contributed by atoms with Gasteiger partial charge in [-0.1, -0.05) is 12.1 Å².